The van der Waals surface area contributed by atoms with E-state index in [0.29, 0.717) is 0 Å². The van der Waals surface area contributed by atoms with Gasteiger partial charge in [0, 0.05) is 12.0 Å². The maximum atomic E-state index is 11.8. The molecule has 0 bridgehead atoms. The first kappa shape index (κ1) is 6.02. The lowest BCUT2D eigenvalue weighted by molar-refractivity contribution is 0.408. The fourth-order valence-electron chi connectivity index (χ4n) is 1.08. The monoisotopic (exact) mass is 117 g/mol. The predicted molar refractivity (Wildman–Crippen MR) is 31.2 cm³/mol. The van der Waals surface area contributed by atoms with Crippen molar-refractivity contribution in [1.82, 2.24) is 0 Å². The molecular weight excluding hydrogens is 105 g/mol. The third kappa shape index (κ3) is 0.558. The molecule has 0 aromatic heterocycles. The highest BCUT2D eigenvalue weighted by molar-refractivity contribution is 5.08. The Labute approximate surface area is 49.1 Å². The molecule has 1 rings (SSSR count). The lowest BCUT2D eigenvalue weighted by atomic mass is 10.1. The van der Waals surface area contributed by atoms with Crippen LogP contribution in [0.25, 0.3) is 0 Å². The number of nitrogens with two attached hydrogens (primary N) is 1. The molecule has 0 amide bonds. The van der Waals surface area contributed by atoms with Crippen LogP contribution in [0.3, 0.4) is 0 Å². The van der Waals surface area contributed by atoms with Gasteiger partial charge in [-0.05, 0) is 5.41 Å². The molecule has 2 heteroatoms. The normalized spacial score (nSPS) is 42.0. The van der Waals surface area contributed by atoms with Crippen LogP contribution < -0.4 is 5.73 Å². The summed E-state index contributed by atoms with van der Waals surface area (Å²) in [6.07, 6.45) is 0. The Kier molecular flexibility index (Phi) is 1.08. The van der Waals surface area contributed by atoms with Gasteiger partial charge in [-0.2, -0.15) is 0 Å². The zero-order valence-corrected chi connectivity index (χ0v) is 5.32. The molecule has 1 saturated carbocycles. The molecule has 0 heterocycles. The predicted octanol–water partition coefficient (Wildman–Crippen LogP) is 0.939. The van der Waals surface area contributed by atoms with E-state index in [9.17, 15) is 4.39 Å². The van der Waals surface area contributed by atoms with Crippen molar-refractivity contribution in [2.45, 2.75) is 19.9 Å². The van der Waals surface area contributed by atoms with Gasteiger partial charge < -0.3 is 5.73 Å². The third-order valence-corrected chi connectivity index (χ3v) is 2.31. The molecule has 1 aliphatic rings. The highest BCUT2D eigenvalue weighted by Crippen LogP contribution is 2.50. The molecule has 0 radical (unpaired) electrons. The van der Waals surface area contributed by atoms with Crippen molar-refractivity contribution in [3.63, 3.8) is 0 Å². The van der Waals surface area contributed by atoms with Gasteiger partial charge in [0.1, 0.15) is 0 Å². The minimum atomic E-state index is -0.256. The van der Waals surface area contributed by atoms with Crippen molar-refractivity contribution in [1.29, 1.82) is 0 Å². The van der Waals surface area contributed by atoms with E-state index in [2.05, 4.69) is 0 Å². The van der Waals surface area contributed by atoms with Crippen LogP contribution in [0, 0.1) is 11.3 Å². The van der Waals surface area contributed by atoms with Crippen LogP contribution >= 0.6 is 0 Å². The maximum absolute atomic E-state index is 11.8. The van der Waals surface area contributed by atoms with Crippen LogP contribution in [-0.2, 0) is 0 Å². The maximum Gasteiger partial charge on any atom is 0.0943 e. The average molecular weight is 117 g/mol. The molecule has 2 N–H and O–H groups in total. The summed E-state index contributed by atoms with van der Waals surface area (Å²) in [4.78, 5) is 0. The molecular formula is C6H12FN. The van der Waals surface area contributed by atoms with Gasteiger partial charge in [-0.15, -0.1) is 0 Å². The molecule has 0 aliphatic heterocycles. The third-order valence-electron chi connectivity index (χ3n) is 2.31. The van der Waals surface area contributed by atoms with Crippen LogP contribution in [0.2, 0.25) is 0 Å². The number of rotatable bonds is 1. The molecule has 0 aromatic rings. The molecule has 2 unspecified atom stereocenters. The summed E-state index contributed by atoms with van der Waals surface area (Å²) in [5.41, 5.74) is 5.59. The smallest absolute Gasteiger partial charge is 0.0943 e. The Hall–Kier alpha value is -0.110. The van der Waals surface area contributed by atoms with Crippen molar-refractivity contribution in [3.05, 3.63) is 0 Å². The summed E-state index contributed by atoms with van der Waals surface area (Å²) < 4.78 is 11.8. The topological polar surface area (TPSA) is 26.0 Å². The van der Waals surface area contributed by atoms with E-state index in [1.165, 1.54) is 0 Å². The summed E-state index contributed by atoms with van der Waals surface area (Å²) in [7, 11) is 0. The second-order valence-corrected chi connectivity index (χ2v) is 3.11. The van der Waals surface area contributed by atoms with E-state index in [-0.39, 0.29) is 24.0 Å². The first-order chi connectivity index (χ1) is 3.60. The van der Waals surface area contributed by atoms with Gasteiger partial charge in [0.05, 0.1) is 6.67 Å². The van der Waals surface area contributed by atoms with Gasteiger partial charge in [0.15, 0.2) is 0 Å². The van der Waals surface area contributed by atoms with Gasteiger partial charge in [-0.1, -0.05) is 13.8 Å². The summed E-state index contributed by atoms with van der Waals surface area (Å²) in [6.45, 7) is 3.75. The second-order valence-electron chi connectivity index (χ2n) is 3.11. The van der Waals surface area contributed by atoms with Crippen LogP contribution in [0.4, 0.5) is 4.39 Å². The lowest BCUT2D eigenvalue weighted by Gasteiger charge is -1.94. The van der Waals surface area contributed by atoms with E-state index < -0.39 is 0 Å². The van der Waals surface area contributed by atoms with Gasteiger partial charge in [-0.25, -0.2) is 0 Å². The first-order valence-electron chi connectivity index (χ1n) is 2.92. The highest BCUT2D eigenvalue weighted by Gasteiger charge is 2.55. The van der Waals surface area contributed by atoms with E-state index in [0.717, 1.165) is 0 Å². The van der Waals surface area contributed by atoms with Crippen LogP contribution in [0.1, 0.15) is 13.8 Å². The van der Waals surface area contributed by atoms with Gasteiger partial charge >= 0.3 is 0 Å². The second kappa shape index (κ2) is 1.44. The number of hydrogen-bond donors (Lipinski definition) is 1. The van der Waals surface area contributed by atoms with E-state index in [4.69, 9.17) is 5.73 Å². The molecule has 1 fully saturated rings. The molecule has 1 nitrogen and oxygen atoms in total. The summed E-state index contributed by atoms with van der Waals surface area (Å²) in [5.74, 6) is 0.127. The molecule has 48 valence electrons. The fraction of sp³-hybridized carbons (Fsp3) is 1.00. The Morgan fingerprint density at radius 1 is 1.62 bits per heavy atom. The molecule has 2 atom stereocenters. The van der Waals surface area contributed by atoms with Crippen molar-refractivity contribution < 1.29 is 4.39 Å². The lowest BCUT2D eigenvalue weighted by Crippen LogP contribution is -2.06. The number of hydrogen-bond acceptors (Lipinski definition) is 1. The zero-order chi connectivity index (χ0) is 6.36. The first-order valence-corrected chi connectivity index (χ1v) is 2.92. The minimum absolute atomic E-state index is 0.0781. The van der Waals surface area contributed by atoms with E-state index in [1.54, 1.807) is 0 Å². The summed E-state index contributed by atoms with van der Waals surface area (Å²) in [6, 6.07) is 0.104. The zero-order valence-electron chi connectivity index (χ0n) is 5.32. The Bertz CT molecular complexity index is 101. The molecule has 0 saturated heterocycles. The molecule has 0 aromatic carbocycles. The quantitative estimate of drug-likeness (QED) is 0.543. The van der Waals surface area contributed by atoms with Crippen molar-refractivity contribution in [3.8, 4) is 0 Å². The van der Waals surface area contributed by atoms with Crippen molar-refractivity contribution in [2.24, 2.45) is 17.1 Å². The summed E-state index contributed by atoms with van der Waals surface area (Å²) in [5, 5.41) is 0. The number of alkyl halides is 1. The average Bonchev–Trinajstić information content (AvgIpc) is 2.09. The largest absolute Gasteiger partial charge is 0.327 e. The minimum Gasteiger partial charge on any atom is -0.327 e. The fourth-order valence-corrected chi connectivity index (χ4v) is 1.08. The van der Waals surface area contributed by atoms with Crippen molar-refractivity contribution >= 4 is 0 Å². The summed E-state index contributed by atoms with van der Waals surface area (Å²) >= 11 is 0. The van der Waals surface area contributed by atoms with E-state index >= 15 is 0 Å². The Balaban J connectivity index is 2.45. The molecule has 1 aliphatic carbocycles. The van der Waals surface area contributed by atoms with Crippen LogP contribution in [-0.4, -0.2) is 12.7 Å². The SMILES string of the molecule is CC1(C)C(N)C1CF. The van der Waals surface area contributed by atoms with Gasteiger partial charge in [-0.3, -0.25) is 4.39 Å². The standard InChI is InChI=1S/C6H12FN/c1-6(2)4(3-7)5(6)8/h4-5H,3,8H2,1-2H3. The Morgan fingerprint density at radius 3 is 2.00 bits per heavy atom. The van der Waals surface area contributed by atoms with Crippen molar-refractivity contribution in [2.75, 3.05) is 6.67 Å². The van der Waals surface area contributed by atoms with Gasteiger partial charge in [0.25, 0.3) is 0 Å². The van der Waals surface area contributed by atoms with Gasteiger partial charge in [0.2, 0.25) is 0 Å². The molecule has 8 heavy (non-hydrogen) atoms. The van der Waals surface area contributed by atoms with Crippen LogP contribution in [0.5, 0.6) is 0 Å². The highest BCUT2D eigenvalue weighted by atomic mass is 19.1. The van der Waals surface area contributed by atoms with Crippen LogP contribution in [0.15, 0.2) is 0 Å². The molecule has 0 spiro atoms. The Morgan fingerprint density at radius 2 is 2.00 bits per heavy atom. The number of halogens is 1. The van der Waals surface area contributed by atoms with E-state index in [1.807, 2.05) is 13.8 Å².